The minimum absolute atomic E-state index is 0.307. The van der Waals surface area contributed by atoms with Gasteiger partial charge in [0.15, 0.2) is 0 Å². The first-order chi connectivity index (χ1) is 8.31. The Morgan fingerprint density at radius 3 is 2.82 bits per heavy atom. The van der Waals surface area contributed by atoms with Crippen LogP contribution in [0.15, 0.2) is 24.3 Å². The van der Waals surface area contributed by atoms with Gasteiger partial charge in [0.25, 0.3) is 5.95 Å². The zero-order valence-electron chi connectivity index (χ0n) is 9.08. The van der Waals surface area contributed by atoms with Crippen LogP contribution < -0.4 is 0 Å². The first-order valence-corrected chi connectivity index (χ1v) is 5.60. The van der Waals surface area contributed by atoms with E-state index in [9.17, 15) is 0 Å². The molecule has 0 fully saturated rings. The van der Waals surface area contributed by atoms with E-state index < -0.39 is 0 Å². The normalized spacial score (nSPS) is 11.2. The molecule has 17 heavy (non-hydrogen) atoms. The van der Waals surface area contributed by atoms with Crippen LogP contribution in [0.4, 0.5) is 0 Å². The minimum atomic E-state index is 0.307. The van der Waals surface area contributed by atoms with Gasteiger partial charge >= 0.3 is 0 Å². The van der Waals surface area contributed by atoms with Crippen LogP contribution >= 0.6 is 11.6 Å². The molecule has 2 heterocycles. The number of rotatable bonds is 2. The molecule has 7 heteroatoms. The lowest BCUT2D eigenvalue weighted by Gasteiger charge is -2.04. The highest BCUT2D eigenvalue weighted by molar-refractivity contribution is 6.16. The van der Waals surface area contributed by atoms with Crippen molar-refractivity contribution in [3.63, 3.8) is 0 Å². The molecule has 0 saturated carbocycles. The van der Waals surface area contributed by atoms with Crippen molar-refractivity contribution in [3.8, 4) is 5.95 Å². The Morgan fingerprint density at radius 2 is 2.12 bits per heavy atom. The number of hydrogen-bond donors (Lipinski definition) is 0. The molecule has 0 unspecified atom stereocenters. The van der Waals surface area contributed by atoms with E-state index in [0.717, 1.165) is 16.9 Å². The second-order valence-electron chi connectivity index (χ2n) is 3.59. The molecule has 0 saturated heterocycles. The van der Waals surface area contributed by atoms with E-state index in [1.54, 1.807) is 11.7 Å². The number of imidazole rings is 1. The molecule has 0 spiro atoms. The third-order valence-electron chi connectivity index (χ3n) is 2.55. The lowest BCUT2D eigenvalue weighted by atomic mass is 10.3. The van der Waals surface area contributed by atoms with Crippen LogP contribution in [-0.2, 0) is 12.9 Å². The summed E-state index contributed by atoms with van der Waals surface area (Å²) in [5.74, 6) is 1.64. The Hall–Kier alpha value is -1.95. The molecule has 0 N–H and O–H groups in total. The number of hydrogen-bond acceptors (Lipinski definition) is 4. The second kappa shape index (κ2) is 3.81. The van der Waals surface area contributed by atoms with Crippen LogP contribution in [0.5, 0.6) is 0 Å². The lowest BCUT2D eigenvalue weighted by Crippen LogP contribution is -2.07. The number of fused-ring (bicyclic) bond motifs is 1. The molecule has 0 bridgehead atoms. The van der Waals surface area contributed by atoms with Crippen molar-refractivity contribution >= 4 is 22.6 Å². The second-order valence-corrected chi connectivity index (χ2v) is 3.86. The third kappa shape index (κ3) is 1.49. The summed E-state index contributed by atoms with van der Waals surface area (Å²) < 4.78 is 3.45. The Kier molecular flexibility index (Phi) is 2.29. The SMILES string of the molecule is Cn1nnnc1-n1c(CCl)nc2ccccc21. The molecular weight excluding hydrogens is 240 g/mol. The van der Waals surface area contributed by atoms with Gasteiger partial charge in [0, 0.05) is 7.05 Å². The lowest BCUT2D eigenvalue weighted by molar-refractivity contribution is 0.690. The highest BCUT2D eigenvalue weighted by Crippen LogP contribution is 2.20. The summed E-state index contributed by atoms with van der Waals surface area (Å²) >= 11 is 5.91. The maximum atomic E-state index is 5.91. The van der Waals surface area contributed by atoms with Gasteiger partial charge in [-0.25, -0.2) is 9.67 Å². The highest BCUT2D eigenvalue weighted by atomic mass is 35.5. The third-order valence-corrected chi connectivity index (χ3v) is 2.79. The summed E-state index contributed by atoms with van der Waals surface area (Å²) in [7, 11) is 1.78. The molecule has 1 aromatic carbocycles. The van der Waals surface area contributed by atoms with E-state index >= 15 is 0 Å². The van der Waals surface area contributed by atoms with Crippen molar-refractivity contribution in [2.75, 3.05) is 0 Å². The topological polar surface area (TPSA) is 61.4 Å². The van der Waals surface area contributed by atoms with Crippen LogP contribution in [0, 0.1) is 0 Å². The zero-order chi connectivity index (χ0) is 11.8. The summed E-state index contributed by atoms with van der Waals surface area (Å²) in [6.07, 6.45) is 0. The first kappa shape index (κ1) is 10.2. The molecule has 6 nitrogen and oxygen atoms in total. The number of aryl methyl sites for hydroxylation is 1. The largest absolute Gasteiger partial charge is 0.262 e. The van der Waals surface area contributed by atoms with E-state index in [-0.39, 0.29) is 0 Å². The summed E-state index contributed by atoms with van der Waals surface area (Å²) in [5.41, 5.74) is 1.83. The van der Waals surface area contributed by atoms with Crippen LogP contribution in [0.1, 0.15) is 5.82 Å². The van der Waals surface area contributed by atoms with Gasteiger partial charge in [0.05, 0.1) is 16.9 Å². The van der Waals surface area contributed by atoms with Gasteiger partial charge in [0.2, 0.25) is 0 Å². The van der Waals surface area contributed by atoms with Gasteiger partial charge < -0.3 is 0 Å². The van der Waals surface area contributed by atoms with Gasteiger partial charge in [-0.15, -0.1) is 11.6 Å². The average Bonchev–Trinajstić information content (AvgIpc) is 2.91. The molecule has 86 valence electrons. The average molecular weight is 249 g/mol. The summed E-state index contributed by atoms with van der Waals surface area (Å²) in [5, 5.41) is 11.4. The van der Waals surface area contributed by atoms with Gasteiger partial charge in [-0.1, -0.05) is 17.2 Å². The summed E-state index contributed by atoms with van der Waals surface area (Å²) in [6, 6.07) is 7.79. The maximum Gasteiger partial charge on any atom is 0.255 e. The van der Waals surface area contributed by atoms with Crippen molar-refractivity contribution in [1.29, 1.82) is 0 Å². The summed E-state index contributed by atoms with van der Waals surface area (Å²) in [6.45, 7) is 0. The number of nitrogens with zero attached hydrogens (tertiary/aromatic N) is 6. The van der Waals surface area contributed by atoms with Gasteiger partial charge in [-0.3, -0.25) is 4.57 Å². The molecule has 2 aromatic heterocycles. The van der Waals surface area contributed by atoms with Crippen molar-refractivity contribution in [2.45, 2.75) is 5.88 Å². The first-order valence-electron chi connectivity index (χ1n) is 5.06. The predicted molar refractivity (Wildman–Crippen MR) is 63.0 cm³/mol. The number of halogens is 1. The number of benzene rings is 1. The Bertz CT molecular complexity index is 670. The van der Waals surface area contributed by atoms with E-state index in [1.807, 2.05) is 28.8 Å². The van der Waals surface area contributed by atoms with Crippen molar-refractivity contribution in [1.82, 2.24) is 29.8 Å². The molecule has 0 aliphatic carbocycles. The van der Waals surface area contributed by atoms with Crippen molar-refractivity contribution in [2.24, 2.45) is 7.05 Å². The van der Waals surface area contributed by atoms with Gasteiger partial charge in [0.1, 0.15) is 5.82 Å². The van der Waals surface area contributed by atoms with Crippen LogP contribution in [0.3, 0.4) is 0 Å². The fourth-order valence-corrected chi connectivity index (χ4v) is 1.98. The fourth-order valence-electron chi connectivity index (χ4n) is 1.80. The Labute approximate surface area is 102 Å². The quantitative estimate of drug-likeness (QED) is 0.641. The molecular formula is C10H9ClN6. The molecule has 0 atom stereocenters. The smallest absolute Gasteiger partial charge is 0.255 e. The molecule has 0 radical (unpaired) electrons. The molecule has 3 rings (SSSR count). The molecule has 3 aromatic rings. The van der Waals surface area contributed by atoms with E-state index in [0.29, 0.717) is 11.8 Å². The summed E-state index contributed by atoms with van der Waals surface area (Å²) in [4.78, 5) is 4.45. The van der Waals surface area contributed by atoms with E-state index in [1.165, 1.54) is 0 Å². The Morgan fingerprint density at radius 1 is 1.29 bits per heavy atom. The monoisotopic (exact) mass is 248 g/mol. The molecule has 0 amide bonds. The number of alkyl halides is 1. The van der Waals surface area contributed by atoms with E-state index in [4.69, 9.17) is 11.6 Å². The van der Waals surface area contributed by atoms with E-state index in [2.05, 4.69) is 20.5 Å². The number of tetrazole rings is 1. The van der Waals surface area contributed by atoms with Crippen LogP contribution in [0.25, 0.3) is 17.0 Å². The standard InChI is InChI=1S/C10H9ClN6/c1-16-10(13-14-15-16)17-8-5-3-2-4-7(8)12-9(17)6-11/h2-5H,6H2,1H3. The van der Waals surface area contributed by atoms with Crippen LogP contribution in [0.2, 0.25) is 0 Å². The zero-order valence-corrected chi connectivity index (χ0v) is 9.83. The maximum absolute atomic E-state index is 5.91. The highest BCUT2D eigenvalue weighted by Gasteiger charge is 2.15. The number of para-hydroxylation sites is 2. The minimum Gasteiger partial charge on any atom is -0.262 e. The Balaban J connectivity index is 2.37. The fraction of sp³-hybridized carbons (Fsp3) is 0.200. The van der Waals surface area contributed by atoms with Crippen molar-refractivity contribution < 1.29 is 0 Å². The van der Waals surface area contributed by atoms with Crippen molar-refractivity contribution in [3.05, 3.63) is 30.1 Å². The predicted octanol–water partition coefficient (Wildman–Crippen LogP) is 1.29. The molecule has 0 aliphatic heterocycles. The van der Waals surface area contributed by atoms with Gasteiger partial charge in [-0.05, 0) is 22.6 Å². The van der Waals surface area contributed by atoms with Gasteiger partial charge in [-0.2, -0.15) is 0 Å². The number of aromatic nitrogens is 6. The molecule has 0 aliphatic rings. The van der Waals surface area contributed by atoms with Crippen LogP contribution in [-0.4, -0.2) is 29.8 Å².